The zero-order valence-corrected chi connectivity index (χ0v) is 10.6. The molecule has 8 heteroatoms. The molecule has 4 nitrogen and oxygen atoms in total. The van der Waals surface area contributed by atoms with Crippen molar-refractivity contribution in [2.75, 3.05) is 6.61 Å². The molecule has 90 valence electrons. The molecule has 0 heterocycles. The summed E-state index contributed by atoms with van der Waals surface area (Å²) in [6.45, 7) is -0.461. The number of benzene rings is 1. The van der Waals surface area contributed by atoms with Crippen LogP contribution in [0.4, 0.5) is 0 Å². The van der Waals surface area contributed by atoms with Crippen LogP contribution in [0.1, 0.15) is 0 Å². The fraction of sp³-hybridized carbons (Fsp3) is 0.250. The lowest BCUT2D eigenvalue weighted by Crippen LogP contribution is -2.16. The van der Waals surface area contributed by atoms with E-state index in [0.29, 0.717) is 0 Å². The Morgan fingerprint density at radius 1 is 0.938 bits per heavy atom. The van der Waals surface area contributed by atoms with Crippen LogP contribution in [-0.4, -0.2) is 28.2 Å². The van der Waals surface area contributed by atoms with Crippen LogP contribution < -0.4 is 4.74 Å². The largest absolute Gasteiger partial charge is 0.505 e. The van der Waals surface area contributed by atoms with E-state index in [1.807, 2.05) is 0 Å². The first-order valence-corrected chi connectivity index (χ1v) is 5.41. The van der Waals surface area contributed by atoms with Gasteiger partial charge in [0.1, 0.15) is 26.7 Å². The van der Waals surface area contributed by atoms with Gasteiger partial charge < -0.3 is 20.1 Å². The molecule has 0 radical (unpaired) electrons. The lowest BCUT2D eigenvalue weighted by molar-refractivity contribution is -0.0680. The Bertz CT molecular complexity index is 379. The third-order valence-corrected chi connectivity index (χ3v) is 3.23. The molecule has 0 aliphatic rings. The highest BCUT2D eigenvalue weighted by molar-refractivity contribution is 6.50. The van der Waals surface area contributed by atoms with E-state index in [2.05, 4.69) is 0 Å². The van der Waals surface area contributed by atoms with Gasteiger partial charge in [0.25, 0.3) is 0 Å². The number of phenols is 1. The predicted molar refractivity (Wildman–Crippen MR) is 61.9 cm³/mol. The van der Waals surface area contributed by atoms with Gasteiger partial charge in [0.05, 0.1) is 0 Å². The predicted octanol–water partition coefficient (Wildman–Crippen LogP) is 2.70. The van der Waals surface area contributed by atoms with Crippen LogP contribution in [0, 0.1) is 0 Å². The molecule has 0 aromatic heterocycles. The monoisotopic (exact) mass is 306 g/mol. The highest BCUT2D eigenvalue weighted by Crippen LogP contribution is 2.49. The standard InChI is InChI=1S/C8H6Cl4O4/c9-3-5(11)8(16-1-2(13)14)6(12)4(10)7(3)15/h2,13-15H,1H2. The maximum Gasteiger partial charge on any atom is 0.186 e. The van der Waals surface area contributed by atoms with Crippen LogP contribution in [0.2, 0.25) is 20.1 Å². The fourth-order valence-corrected chi connectivity index (χ4v) is 1.82. The molecule has 0 bridgehead atoms. The number of ether oxygens (including phenoxy) is 1. The molecule has 0 saturated carbocycles. The van der Waals surface area contributed by atoms with E-state index in [4.69, 9.17) is 61.4 Å². The average Bonchev–Trinajstić information content (AvgIpc) is 2.23. The number of aliphatic hydroxyl groups excluding tert-OH is 1. The van der Waals surface area contributed by atoms with Crippen LogP contribution in [0.25, 0.3) is 0 Å². The highest BCUT2D eigenvalue weighted by Gasteiger charge is 2.21. The highest BCUT2D eigenvalue weighted by atomic mass is 35.5. The molecule has 16 heavy (non-hydrogen) atoms. The van der Waals surface area contributed by atoms with E-state index in [0.717, 1.165) is 0 Å². The van der Waals surface area contributed by atoms with E-state index in [1.165, 1.54) is 0 Å². The summed E-state index contributed by atoms with van der Waals surface area (Å²) in [4.78, 5) is 0. The molecule has 1 aromatic carbocycles. The first kappa shape index (κ1) is 14.0. The van der Waals surface area contributed by atoms with Crippen molar-refractivity contribution in [2.24, 2.45) is 0 Å². The molecule has 0 spiro atoms. The SMILES string of the molecule is Oc1c(Cl)c(Cl)c(OCC(O)O)c(Cl)c1Cl. The lowest BCUT2D eigenvalue weighted by Gasteiger charge is -2.14. The van der Waals surface area contributed by atoms with Crippen LogP contribution >= 0.6 is 46.4 Å². The molecular formula is C8H6Cl4O4. The first-order chi connectivity index (χ1) is 7.36. The number of hydrogen-bond acceptors (Lipinski definition) is 4. The van der Waals surface area contributed by atoms with Gasteiger partial charge >= 0.3 is 0 Å². The number of aliphatic hydroxyl groups is 2. The number of aromatic hydroxyl groups is 1. The van der Waals surface area contributed by atoms with Gasteiger partial charge in [-0.05, 0) is 0 Å². The van der Waals surface area contributed by atoms with Crippen molar-refractivity contribution in [3.63, 3.8) is 0 Å². The van der Waals surface area contributed by atoms with Crippen molar-refractivity contribution in [3.8, 4) is 11.5 Å². The van der Waals surface area contributed by atoms with E-state index < -0.39 is 18.6 Å². The Morgan fingerprint density at radius 2 is 1.38 bits per heavy atom. The second-order valence-electron chi connectivity index (χ2n) is 2.73. The van der Waals surface area contributed by atoms with Gasteiger partial charge in [-0.25, -0.2) is 0 Å². The maximum atomic E-state index is 9.38. The zero-order chi connectivity index (χ0) is 12.5. The minimum atomic E-state index is -1.70. The number of phenolic OH excluding ortho intramolecular Hbond substituents is 1. The first-order valence-electron chi connectivity index (χ1n) is 3.90. The zero-order valence-electron chi connectivity index (χ0n) is 7.55. The Balaban J connectivity index is 3.18. The fourth-order valence-electron chi connectivity index (χ4n) is 0.885. The summed E-state index contributed by atoms with van der Waals surface area (Å²) in [6, 6.07) is 0. The summed E-state index contributed by atoms with van der Waals surface area (Å²) in [5.41, 5.74) is 0. The normalized spacial score (nSPS) is 10.9. The van der Waals surface area contributed by atoms with Crippen LogP contribution in [-0.2, 0) is 0 Å². The van der Waals surface area contributed by atoms with Gasteiger partial charge in [-0.15, -0.1) is 0 Å². The Morgan fingerprint density at radius 3 is 1.75 bits per heavy atom. The van der Waals surface area contributed by atoms with E-state index in [9.17, 15) is 5.11 Å². The second kappa shape index (κ2) is 5.49. The van der Waals surface area contributed by atoms with E-state index >= 15 is 0 Å². The molecule has 3 N–H and O–H groups in total. The van der Waals surface area contributed by atoms with Crippen molar-refractivity contribution < 1.29 is 20.1 Å². The quantitative estimate of drug-likeness (QED) is 0.593. The topological polar surface area (TPSA) is 69.9 Å². The van der Waals surface area contributed by atoms with Crippen molar-refractivity contribution >= 4 is 46.4 Å². The molecule has 0 amide bonds. The number of hydrogen-bond donors (Lipinski definition) is 3. The van der Waals surface area contributed by atoms with Gasteiger partial charge in [-0.2, -0.15) is 0 Å². The van der Waals surface area contributed by atoms with Crippen LogP contribution in [0.5, 0.6) is 11.5 Å². The molecule has 0 saturated heterocycles. The summed E-state index contributed by atoms with van der Waals surface area (Å²) >= 11 is 22.8. The van der Waals surface area contributed by atoms with E-state index in [-0.39, 0.29) is 25.8 Å². The average molecular weight is 308 g/mol. The van der Waals surface area contributed by atoms with Crippen LogP contribution in [0.3, 0.4) is 0 Å². The molecule has 1 aromatic rings. The molecule has 0 atom stereocenters. The minimum Gasteiger partial charge on any atom is -0.505 e. The minimum absolute atomic E-state index is 0.121. The Kier molecular flexibility index (Phi) is 4.79. The summed E-state index contributed by atoms with van der Waals surface area (Å²) in [5.74, 6) is -0.584. The molecule has 0 aliphatic heterocycles. The summed E-state index contributed by atoms with van der Waals surface area (Å²) in [5, 5.41) is 25.9. The second-order valence-corrected chi connectivity index (χ2v) is 4.24. The lowest BCUT2D eigenvalue weighted by atomic mass is 10.3. The van der Waals surface area contributed by atoms with Gasteiger partial charge in [-0.1, -0.05) is 46.4 Å². The van der Waals surface area contributed by atoms with Gasteiger partial charge in [0.2, 0.25) is 0 Å². The van der Waals surface area contributed by atoms with Crippen molar-refractivity contribution in [1.29, 1.82) is 0 Å². The maximum absolute atomic E-state index is 9.38. The van der Waals surface area contributed by atoms with Crippen molar-refractivity contribution in [2.45, 2.75) is 6.29 Å². The van der Waals surface area contributed by atoms with Gasteiger partial charge in [0, 0.05) is 0 Å². The third kappa shape index (κ3) is 2.77. The third-order valence-electron chi connectivity index (χ3n) is 1.58. The van der Waals surface area contributed by atoms with Crippen molar-refractivity contribution in [3.05, 3.63) is 20.1 Å². The van der Waals surface area contributed by atoms with Crippen molar-refractivity contribution in [1.82, 2.24) is 0 Å². The summed E-state index contributed by atoms with van der Waals surface area (Å²) in [6.07, 6.45) is -1.70. The number of halogens is 4. The molecule has 1 rings (SSSR count). The summed E-state index contributed by atoms with van der Waals surface area (Å²) in [7, 11) is 0. The summed E-state index contributed by atoms with van der Waals surface area (Å²) < 4.78 is 4.90. The molecular weight excluding hydrogens is 302 g/mol. The van der Waals surface area contributed by atoms with Crippen LogP contribution in [0.15, 0.2) is 0 Å². The Labute approximate surface area is 111 Å². The Hall–Kier alpha value is -0.100. The molecule has 0 fully saturated rings. The van der Waals surface area contributed by atoms with E-state index in [1.54, 1.807) is 0 Å². The van der Waals surface area contributed by atoms with Gasteiger partial charge in [-0.3, -0.25) is 0 Å². The molecule has 0 unspecified atom stereocenters. The molecule has 0 aliphatic carbocycles. The smallest absolute Gasteiger partial charge is 0.186 e. The number of rotatable bonds is 3. The van der Waals surface area contributed by atoms with Gasteiger partial charge in [0.15, 0.2) is 17.8 Å².